The number of nitrogens with zero attached hydrogens (tertiary/aromatic N) is 4. The van der Waals surface area contributed by atoms with Crippen LogP contribution < -0.4 is 11.7 Å². The average Bonchev–Trinajstić information content (AvgIpc) is 3.06. The Balaban J connectivity index is 1.92. The van der Waals surface area contributed by atoms with Crippen molar-refractivity contribution in [3.63, 3.8) is 0 Å². The first kappa shape index (κ1) is 17.4. The molecule has 23 heavy (non-hydrogen) atoms. The lowest BCUT2D eigenvalue weighted by atomic mass is 9.95. The summed E-state index contributed by atoms with van der Waals surface area (Å²) in [4.78, 5) is 20.7. The SMILES string of the molecule is NN=NCCCC(Cc1cn(C2CCCCC2)cn1)C(=O)ON. The van der Waals surface area contributed by atoms with Crippen LogP contribution in [0.25, 0.3) is 0 Å². The maximum atomic E-state index is 11.8. The van der Waals surface area contributed by atoms with Crippen LogP contribution in [0, 0.1) is 5.92 Å². The first-order chi connectivity index (χ1) is 11.2. The fraction of sp³-hybridized carbons (Fsp3) is 0.733. The Morgan fingerprint density at radius 3 is 2.91 bits per heavy atom. The third kappa shape index (κ3) is 5.31. The predicted molar refractivity (Wildman–Crippen MR) is 85.0 cm³/mol. The van der Waals surface area contributed by atoms with Gasteiger partial charge in [0.1, 0.15) is 0 Å². The molecule has 1 aromatic rings. The average molecular weight is 322 g/mol. The Morgan fingerprint density at radius 1 is 1.43 bits per heavy atom. The third-order valence-corrected chi connectivity index (χ3v) is 4.45. The summed E-state index contributed by atoms with van der Waals surface area (Å²) in [5, 5.41) is 6.91. The smallest absolute Gasteiger partial charge is 0.327 e. The van der Waals surface area contributed by atoms with E-state index in [4.69, 9.17) is 11.7 Å². The van der Waals surface area contributed by atoms with Crippen LogP contribution in [0.2, 0.25) is 0 Å². The van der Waals surface area contributed by atoms with Gasteiger partial charge in [0, 0.05) is 18.7 Å². The molecular formula is C15H26N6O2. The van der Waals surface area contributed by atoms with Crippen molar-refractivity contribution in [3.8, 4) is 0 Å². The van der Waals surface area contributed by atoms with Gasteiger partial charge in [0.2, 0.25) is 0 Å². The molecule has 8 nitrogen and oxygen atoms in total. The molecule has 1 aromatic heterocycles. The van der Waals surface area contributed by atoms with Crippen molar-refractivity contribution < 1.29 is 9.63 Å². The van der Waals surface area contributed by atoms with Crippen LogP contribution in [-0.4, -0.2) is 22.1 Å². The molecule has 0 radical (unpaired) electrons. The van der Waals surface area contributed by atoms with Gasteiger partial charge in [0.15, 0.2) is 0 Å². The van der Waals surface area contributed by atoms with Crippen LogP contribution in [0.3, 0.4) is 0 Å². The van der Waals surface area contributed by atoms with Gasteiger partial charge in [-0.3, -0.25) is 4.79 Å². The number of rotatable bonds is 8. The summed E-state index contributed by atoms with van der Waals surface area (Å²) in [6.07, 6.45) is 12.0. The van der Waals surface area contributed by atoms with E-state index in [1.807, 2.05) is 12.5 Å². The van der Waals surface area contributed by atoms with Crippen molar-refractivity contribution in [2.75, 3.05) is 6.54 Å². The van der Waals surface area contributed by atoms with Crippen LogP contribution in [0.5, 0.6) is 0 Å². The van der Waals surface area contributed by atoms with Gasteiger partial charge in [-0.2, -0.15) is 11.0 Å². The quantitative estimate of drug-likeness (QED) is 0.328. The van der Waals surface area contributed by atoms with Gasteiger partial charge in [-0.1, -0.05) is 24.5 Å². The van der Waals surface area contributed by atoms with Gasteiger partial charge in [0.25, 0.3) is 0 Å². The summed E-state index contributed by atoms with van der Waals surface area (Å²) in [5.74, 6) is 9.27. The standard InChI is InChI=1S/C15H26N6O2/c16-20-19-8-4-5-12(15(22)23-17)9-13-10-21(11-18-13)14-6-2-1-3-7-14/h10-12,14H,1-9,17H2,(H2,16,19). The molecule has 4 N–H and O–H groups in total. The van der Waals surface area contributed by atoms with Gasteiger partial charge >= 0.3 is 5.97 Å². The molecule has 0 bridgehead atoms. The topological polar surface area (TPSA) is 121 Å². The summed E-state index contributed by atoms with van der Waals surface area (Å²) >= 11 is 0. The van der Waals surface area contributed by atoms with Gasteiger partial charge in [-0.25, -0.2) is 4.98 Å². The van der Waals surface area contributed by atoms with Gasteiger partial charge in [-0.15, -0.1) is 0 Å². The highest BCUT2D eigenvalue weighted by molar-refractivity contribution is 5.72. The van der Waals surface area contributed by atoms with Gasteiger partial charge in [0.05, 0.1) is 24.5 Å². The molecule has 2 rings (SSSR count). The van der Waals surface area contributed by atoms with Crippen molar-refractivity contribution in [3.05, 3.63) is 18.2 Å². The Hall–Kier alpha value is -1.96. The highest BCUT2D eigenvalue weighted by Gasteiger charge is 2.22. The maximum absolute atomic E-state index is 11.8. The fourth-order valence-electron chi connectivity index (χ4n) is 3.18. The Bertz CT molecular complexity index is 510. The summed E-state index contributed by atoms with van der Waals surface area (Å²) in [6.45, 7) is 0.487. The minimum atomic E-state index is -0.415. The summed E-state index contributed by atoms with van der Waals surface area (Å²) in [7, 11) is 0. The minimum absolute atomic E-state index is 0.317. The lowest BCUT2D eigenvalue weighted by Gasteiger charge is -2.22. The molecule has 1 heterocycles. The number of hydrogen-bond acceptors (Lipinski definition) is 6. The Morgan fingerprint density at radius 2 is 2.22 bits per heavy atom. The predicted octanol–water partition coefficient (Wildman–Crippen LogP) is 2.07. The molecule has 8 heteroatoms. The zero-order chi connectivity index (χ0) is 16.5. The van der Waals surface area contributed by atoms with E-state index in [-0.39, 0.29) is 5.92 Å². The molecule has 1 fully saturated rings. The fourth-order valence-corrected chi connectivity index (χ4v) is 3.18. The third-order valence-electron chi connectivity index (χ3n) is 4.45. The Labute approximate surface area is 136 Å². The molecule has 0 saturated heterocycles. The van der Waals surface area contributed by atoms with E-state index < -0.39 is 5.97 Å². The van der Waals surface area contributed by atoms with Crippen molar-refractivity contribution in [1.82, 2.24) is 9.55 Å². The Kier molecular flexibility index (Phi) is 6.99. The number of hydrogen-bond donors (Lipinski definition) is 2. The lowest BCUT2D eigenvalue weighted by molar-refractivity contribution is -0.149. The van der Waals surface area contributed by atoms with E-state index >= 15 is 0 Å². The van der Waals surface area contributed by atoms with Crippen molar-refractivity contribution >= 4 is 5.97 Å². The molecule has 0 spiro atoms. The van der Waals surface area contributed by atoms with E-state index in [1.54, 1.807) is 0 Å². The number of carbonyl (C=O) groups excluding carboxylic acids is 1. The number of carbonyl (C=O) groups is 1. The molecule has 1 aliphatic carbocycles. The van der Waals surface area contributed by atoms with Crippen molar-refractivity contribution in [2.24, 2.45) is 28.0 Å². The first-order valence-corrected chi connectivity index (χ1v) is 8.24. The highest BCUT2D eigenvalue weighted by Crippen LogP contribution is 2.28. The summed E-state index contributed by atoms with van der Waals surface area (Å²) < 4.78 is 2.18. The van der Waals surface area contributed by atoms with Crippen molar-refractivity contribution in [2.45, 2.75) is 57.4 Å². The van der Waals surface area contributed by atoms with E-state index in [0.29, 0.717) is 31.8 Å². The largest absolute Gasteiger partial charge is 0.373 e. The highest BCUT2D eigenvalue weighted by atomic mass is 16.7. The van der Waals surface area contributed by atoms with Crippen LogP contribution in [0.1, 0.15) is 56.7 Å². The van der Waals surface area contributed by atoms with Gasteiger partial charge in [-0.05, 0) is 25.7 Å². The van der Waals surface area contributed by atoms with E-state index in [1.165, 1.54) is 32.1 Å². The van der Waals surface area contributed by atoms with Crippen LogP contribution in [0.15, 0.2) is 22.9 Å². The molecule has 0 aliphatic heterocycles. The number of aromatic nitrogens is 2. The minimum Gasteiger partial charge on any atom is -0.373 e. The normalized spacial score (nSPS) is 17.4. The molecule has 1 unspecified atom stereocenters. The molecule has 0 aromatic carbocycles. The molecule has 1 atom stereocenters. The molecule has 0 amide bonds. The first-order valence-electron chi connectivity index (χ1n) is 8.24. The molecule has 1 aliphatic rings. The van der Waals surface area contributed by atoms with Crippen LogP contribution in [-0.2, 0) is 16.1 Å². The second-order valence-electron chi connectivity index (χ2n) is 6.06. The zero-order valence-corrected chi connectivity index (χ0v) is 13.4. The van der Waals surface area contributed by atoms with E-state index in [9.17, 15) is 4.79 Å². The lowest BCUT2D eigenvalue weighted by Crippen LogP contribution is -2.23. The summed E-state index contributed by atoms with van der Waals surface area (Å²) in [6, 6.07) is 0.537. The van der Waals surface area contributed by atoms with E-state index in [0.717, 1.165) is 5.69 Å². The van der Waals surface area contributed by atoms with Gasteiger partial charge < -0.3 is 15.2 Å². The second kappa shape index (κ2) is 9.24. The monoisotopic (exact) mass is 322 g/mol. The molecule has 1 saturated carbocycles. The summed E-state index contributed by atoms with van der Waals surface area (Å²) in [5.41, 5.74) is 0.895. The van der Waals surface area contributed by atoms with E-state index in [2.05, 4.69) is 24.7 Å². The zero-order valence-electron chi connectivity index (χ0n) is 13.4. The molecular weight excluding hydrogens is 296 g/mol. The number of nitrogens with two attached hydrogens (primary N) is 2. The maximum Gasteiger partial charge on any atom is 0.327 e. The number of imidazole rings is 1. The second-order valence-corrected chi connectivity index (χ2v) is 6.06. The van der Waals surface area contributed by atoms with Crippen LogP contribution in [0.4, 0.5) is 0 Å². The van der Waals surface area contributed by atoms with Crippen molar-refractivity contribution in [1.29, 1.82) is 0 Å². The van der Waals surface area contributed by atoms with Crippen LogP contribution >= 0.6 is 0 Å². The molecule has 128 valence electrons.